The van der Waals surface area contributed by atoms with Crippen LogP contribution in [-0.2, 0) is 18.6 Å². The van der Waals surface area contributed by atoms with Crippen LogP contribution in [0.3, 0.4) is 0 Å². The molecule has 3 heterocycles. The maximum absolute atomic E-state index is 15.3. The Hall–Kier alpha value is -4.12. The molecule has 0 saturated carbocycles. The summed E-state index contributed by atoms with van der Waals surface area (Å²) in [4.78, 5) is 26.9. The third kappa shape index (κ3) is 6.93. The number of halogens is 3. The number of carbonyl (C=O) groups is 1. The van der Waals surface area contributed by atoms with Gasteiger partial charge in [-0.15, -0.1) is 5.10 Å². The average molecular weight is 611 g/mol. The van der Waals surface area contributed by atoms with Crippen LogP contribution in [0.4, 0.5) is 8.78 Å². The number of aromatic nitrogens is 5. The van der Waals surface area contributed by atoms with Gasteiger partial charge in [-0.2, -0.15) is 5.10 Å². The standard InChI is InChI=1S/C31H33ClF2N6O3/c1-20-15-27(41)28(36-40(20)25-9-7-23(32)8-10-25)29(42)38-14-13-22(31(33,34)19-38)16-39-17-24(35-37-39)18-43-26-11-5-21(6-12-26)30(2,3)4/h5-12,15,17,22H,13-14,16,18-19H2,1-4H3. The molecule has 1 aliphatic heterocycles. The van der Waals surface area contributed by atoms with Gasteiger partial charge in [0, 0.05) is 29.2 Å². The molecule has 1 saturated heterocycles. The van der Waals surface area contributed by atoms with E-state index < -0.39 is 35.4 Å². The Morgan fingerprint density at radius 1 is 1.12 bits per heavy atom. The molecule has 43 heavy (non-hydrogen) atoms. The molecule has 1 unspecified atom stereocenters. The first-order chi connectivity index (χ1) is 20.3. The molecule has 4 aromatic rings. The third-order valence-electron chi connectivity index (χ3n) is 7.52. The van der Waals surface area contributed by atoms with Gasteiger partial charge in [0.2, 0.25) is 5.43 Å². The molecule has 0 bridgehead atoms. The summed E-state index contributed by atoms with van der Waals surface area (Å²) < 4.78 is 39.2. The van der Waals surface area contributed by atoms with Crippen LogP contribution in [0.2, 0.25) is 5.02 Å². The molecule has 1 amide bonds. The van der Waals surface area contributed by atoms with Gasteiger partial charge in [-0.1, -0.05) is 49.7 Å². The quantitative estimate of drug-likeness (QED) is 0.276. The summed E-state index contributed by atoms with van der Waals surface area (Å²) in [6, 6.07) is 15.7. The van der Waals surface area contributed by atoms with Crippen LogP contribution in [0.1, 0.15) is 54.6 Å². The highest BCUT2D eigenvalue weighted by molar-refractivity contribution is 6.30. The number of ether oxygens (including phenoxy) is 1. The van der Waals surface area contributed by atoms with Crippen molar-refractivity contribution in [2.75, 3.05) is 13.1 Å². The summed E-state index contributed by atoms with van der Waals surface area (Å²) in [5, 5.41) is 12.8. The van der Waals surface area contributed by atoms with E-state index in [0.29, 0.717) is 27.8 Å². The fourth-order valence-electron chi connectivity index (χ4n) is 5.00. The smallest absolute Gasteiger partial charge is 0.278 e. The molecule has 2 aromatic heterocycles. The predicted octanol–water partition coefficient (Wildman–Crippen LogP) is 5.46. The molecule has 226 valence electrons. The summed E-state index contributed by atoms with van der Waals surface area (Å²) in [7, 11) is 0. The molecule has 1 aliphatic rings. The summed E-state index contributed by atoms with van der Waals surface area (Å²) >= 11 is 5.97. The Balaban J connectivity index is 1.21. The molecule has 0 N–H and O–H groups in total. The molecular formula is C31H33ClF2N6O3. The van der Waals surface area contributed by atoms with E-state index in [1.807, 2.05) is 24.3 Å². The van der Waals surface area contributed by atoms with Gasteiger partial charge in [0.1, 0.15) is 18.1 Å². The first-order valence-electron chi connectivity index (χ1n) is 14.0. The zero-order valence-corrected chi connectivity index (χ0v) is 25.2. The van der Waals surface area contributed by atoms with E-state index in [4.69, 9.17) is 16.3 Å². The first-order valence-corrected chi connectivity index (χ1v) is 14.3. The highest BCUT2D eigenvalue weighted by Gasteiger charge is 2.46. The normalized spacial score (nSPS) is 16.7. The third-order valence-corrected chi connectivity index (χ3v) is 7.77. The maximum Gasteiger partial charge on any atom is 0.278 e. The number of piperidine rings is 1. The zero-order valence-electron chi connectivity index (χ0n) is 24.4. The van der Waals surface area contributed by atoms with Crippen LogP contribution in [0.15, 0.2) is 65.6 Å². The number of nitrogens with zero attached hydrogens (tertiary/aromatic N) is 6. The number of aryl methyl sites for hydroxylation is 1. The molecule has 2 aromatic carbocycles. The second kappa shape index (κ2) is 11.9. The predicted molar refractivity (Wildman–Crippen MR) is 158 cm³/mol. The number of benzene rings is 2. The lowest BCUT2D eigenvalue weighted by Gasteiger charge is -2.38. The molecule has 1 atom stereocenters. The number of carbonyl (C=O) groups excluding carboxylic acids is 1. The Kier molecular flexibility index (Phi) is 8.38. The number of alkyl halides is 2. The monoisotopic (exact) mass is 610 g/mol. The van der Waals surface area contributed by atoms with Crippen LogP contribution < -0.4 is 10.2 Å². The Bertz CT molecular complexity index is 1660. The first kappa shape index (κ1) is 30.3. The van der Waals surface area contributed by atoms with Gasteiger partial charge in [0.25, 0.3) is 11.8 Å². The van der Waals surface area contributed by atoms with Crippen LogP contribution in [0, 0.1) is 12.8 Å². The average Bonchev–Trinajstić information content (AvgIpc) is 3.40. The van der Waals surface area contributed by atoms with Crippen molar-refractivity contribution in [2.24, 2.45) is 5.92 Å². The van der Waals surface area contributed by atoms with Gasteiger partial charge in [0.15, 0.2) is 5.69 Å². The van der Waals surface area contributed by atoms with Crippen molar-refractivity contribution in [3.8, 4) is 11.4 Å². The summed E-state index contributed by atoms with van der Waals surface area (Å²) in [5.74, 6) is -4.45. The van der Waals surface area contributed by atoms with Crippen molar-refractivity contribution in [3.05, 3.63) is 98.7 Å². The van der Waals surface area contributed by atoms with Gasteiger partial charge >= 0.3 is 0 Å². The number of rotatable bonds is 7. The summed E-state index contributed by atoms with van der Waals surface area (Å²) in [5.41, 5.74) is 1.76. The second-order valence-corrected chi connectivity index (χ2v) is 12.3. The fraction of sp³-hybridized carbons (Fsp3) is 0.387. The largest absolute Gasteiger partial charge is 0.487 e. The van der Waals surface area contributed by atoms with Crippen molar-refractivity contribution in [1.29, 1.82) is 0 Å². The van der Waals surface area contributed by atoms with E-state index in [1.165, 1.54) is 21.0 Å². The van der Waals surface area contributed by atoms with Gasteiger partial charge in [0.05, 0.1) is 25.0 Å². The summed E-state index contributed by atoms with van der Waals surface area (Å²) in [6.07, 6.45) is 1.61. The van der Waals surface area contributed by atoms with E-state index in [-0.39, 0.29) is 31.5 Å². The van der Waals surface area contributed by atoms with Crippen LogP contribution >= 0.6 is 11.6 Å². The SMILES string of the molecule is Cc1cc(=O)c(C(=O)N2CCC(Cn3cc(COc4ccc(C(C)(C)C)cc4)nn3)C(F)(F)C2)nn1-c1ccc(Cl)cc1. The zero-order chi connectivity index (χ0) is 30.9. The molecule has 9 nitrogen and oxygen atoms in total. The van der Waals surface area contributed by atoms with Gasteiger partial charge in [-0.25, -0.2) is 13.5 Å². The lowest BCUT2D eigenvalue weighted by molar-refractivity contribution is -0.108. The van der Waals surface area contributed by atoms with E-state index in [1.54, 1.807) is 37.4 Å². The lowest BCUT2D eigenvalue weighted by atomic mass is 9.87. The van der Waals surface area contributed by atoms with Crippen molar-refractivity contribution in [3.63, 3.8) is 0 Å². The topological polar surface area (TPSA) is 95.1 Å². The van der Waals surface area contributed by atoms with Gasteiger partial charge in [-0.05, 0) is 60.7 Å². The highest BCUT2D eigenvalue weighted by Crippen LogP contribution is 2.34. The van der Waals surface area contributed by atoms with Gasteiger partial charge < -0.3 is 9.64 Å². The van der Waals surface area contributed by atoms with E-state index in [0.717, 1.165) is 4.90 Å². The van der Waals surface area contributed by atoms with E-state index >= 15 is 8.78 Å². The lowest BCUT2D eigenvalue weighted by Crippen LogP contribution is -2.52. The molecule has 5 rings (SSSR count). The number of hydrogen-bond donors (Lipinski definition) is 0. The fourth-order valence-corrected chi connectivity index (χ4v) is 5.13. The van der Waals surface area contributed by atoms with Crippen LogP contribution in [0.5, 0.6) is 5.75 Å². The van der Waals surface area contributed by atoms with Crippen molar-refractivity contribution < 1.29 is 18.3 Å². The molecular weight excluding hydrogens is 578 g/mol. The Morgan fingerprint density at radius 3 is 2.47 bits per heavy atom. The number of hydrogen-bond acceptors (Lipinski definition) is 6. The minimum atomic E-state index is -3.22. The number of amides is 1. The van der Waals surface area contributed by atoms with Crippen molar-refractivity contribution >= 4 is 17.5 Å². The minimum Gasteiger partial charge on any atom is -0.487 e. The van der Waals surface area contributed by atoms with Gasteiger partial charge in [-0.3, -0.25) is 14.3 Å². The van der Waals surface area contributed by atoms with Crippen molar-refractivity contribution in [2.45, 2.75) is 58.6 Å². The molecule has 1 fully saturated rings. The van der Waals surface area contributed by atoms with Crippen LogP contribution in [-0.4, -0.2) is 54.6 Å². The van der Waals surface area contributed by atoms with Crippen molar-refractivity contribution in [1.82, 2.24) is 29.7 Å². The number of likely N-dealkylation sites (tertiary alicyclic amines) is 1. The Morgan fingerprint density at radius 2 is 1.81 bits per heavy atom. The van der Waals surface area contributed by atoms with E-state index in [2.05, 4.69) is 36.2 Å². The molecule has 0 radical (unpaired) electrons. The maximum atomic E-state index is 15.3. The summed E-state index contributed by atoms with van der Waals surface area (Å²) in [6.45, 7) is 7.36. The molecule has 0 spiro atoms. The molecule has 12 heteroatoms. The van der Waals surface area contributed by atoms with E-state index in [9.17, 15) is 9.59 Å². The molecule has 0 aliphatic carbocycles. The highest BCUT2D eigenvalue weighted by atomic mass is 35.5. The second-order valence-electron chi connectivity index (χ2n) is 11.9. The van der Waals surface area contributed by atoms with Crippen LogP contribution in [0.25, 0.3) is 5.69 Å². The Labute approximate surface area is 253 Å². The minimum absolute atomic E-state index is 0.0157.